The van der Waals surface area contributed by atoms with Crippen molar-refractivity contribution >= 4 is 10.0 Å². The summed E-state index contributed by atoms with van der Waals surface area (Å²) in [7, 11) is -3.93. The van der Waals surface area contributed by atoms with E-state index < -0.39 is 15.2 Å². The molecule has 10 heteroatoms. The normalized spacial score (nSPS) is 11.6. The molecule has 2 heterocycles. The number of hydrogen-bond acceptors (Lipinski definition) is 6. The van der Waals surface area contributed by atoms with Gasteiger partial charge in [0.1, 0.15) is 5.69 Å². The third-order valence-electron chi connectivity index (χ3n) is 1.64. The predicted molar refractivity (Wildman–Crippen MR) is 51.6 cm³/mol. The largest absolute Gasteiger partial charge is 0.273 e. The van der Waals surface area contributed by atoms with Crippen LogP contribution in [0.5, 0.6) is 0 Å². The Morgan fingerprint density at radius 1 is 1.19 bits per heavy atom. The van der Waals surface area contributed by atoms with Crippen molar-refractivity contribution in [3.05, 3.63) is 22.5 Å². The van der Waals surface area contributed by atoms with Crippen LogP contribution in [0.2, 0.25) is 0 Å². The van der Waals surface area contributed by atoms with E-state index in [0.717, 1.165) is 0 Å². The quantitative estimate of drug-likeness (QED) is 0.566. The maximum atomic E-state index is 10.9. The summed E-state index contributed by atoms with van der Waals surface area (Å²) in [5.41, 5.74) is -0.156. The Balaban J connectivity index is 2.47. The summed E-state index contributed by atoms with van der Waals surface area (Å²) in [5, 5.41) is 15.9. The van der Waals surface area contributed by atoms with Crippen molar-refractivity contribution in [1.82, 2.24) is 25.4 Å². The van der Waals surface area contributed by atoms with Gasteiger partial charge in [-0.15, -0.1) is 0 Å². The van der Waals surface area contributed by atoms with Crippen LogP contribution in [0.1, 0.15) is 0 Å². The highest BCUT2D eigenvalue weighted by atomic mass is 32.2. The molecule has 0 atom stereocenters. The van der Waals surface area contributed by atoms with Crippen LogP contribution in [0.4, 0.5) is 0 Å². The van der Waals surface area contributed by atoms with E-state index in [4.69, 9.17) is 5.14 Å². The number of rotatable bonds is 2. The van der Waals surface area contributed by atoms with E-state index in [2.05, 4.69) is 25.4 Å². The van der Waals surface area contributed by atoms with E-state index in [1.807, 2.05) is 0 Å². The average Bonchev–Trinajstić information content (AvgIpc) is 2.67. The maximum absolute atomic E-state index is 10.9. The molecule has 0 saturated carbocycles. The fraction of sp³-hybridized carbons (Fsp3) is 0. The second kappa shape index (κ2) is 3.50. The number of aromatic amines is 2. The van der Waals surface area contributed by atoms with Crippen LogP contribution in [0.15, 0.2) is 22.1 Å². The van der Waals surface area contributed by atoms with Crippen molar-refractivity contribution in [2.24, 2.45) is 5.14 Å². The van der Waals surface area contributed by atoms with E-state index in [9.17, 15) is 13.2 Å². The molecule has 0 aliphatic heterocycles. The molecule has 0 bridgehead atoms. The molecule has 0 fully saturated rings. The van der Waals surface area contributed by atoms with E-state index in [-0.39, 0.29) is 17.1 Å². The molecule has 16 heavy (non-hydrogen) atoms. The monoisotopic (exact) mass is 242 g/mol. The molecular weight excluding hydrogens is 236 g/mol. The molecular formula is C6H6N6O3S. The molecule has 0 spiro atoms. The Morgan fingerprint density at radius 3 is 2.44 bits per heavy atom. The standard InChI is InChI=1S/C6H6N6O3S/c7-16(14,15)6-8-5(11-12-6)3-1-2-4(13)10-9-3/h1-2H,(H,10,13)(H2,7,14,15)(H,8,11,12). The topological polar surface area (TPSA) is 147 Å². The summed E-state index contributed by atoms with van der Waals surface area (Å²) in [5.74, 6) is 0.0280. The number of sulfonamides is 1. The third kappa shape index (κ3) is 1.97. The Morgan fingerprint density at radius 2 is 1.94 bits per heavy atom. The number of nitrogens with two attached hydrogens (primary N) is 1. The van der Waals surface area contributed by atoms with Crippen LogP contribution in [-0.2, 0) is 10.0 Å². The minimum absolute atomic E-state index is 0.0280. The van der Waals surface area contributed by atoms with Gasteiger partial charge in [0.2, 0.25) is 5.82 Å². The van der Waals surface area contributed by atoms with Crippen molar-refractivity contribution in [3.63, 3.8) is 0 Å². The van der Waals surface area contributed by atoms with E-state index >= 15 is 0 Å². The Kier molecular flexibility index (Phi) is 2.29. The summed E-state index contributed by atoms with van der Waals surface area (Å²) in [6.45, 7) is 0. The number of nitrogens with one attached hydrogen (secondary N) is 2. The van der Waals surface area contributed by atoms with Gasteiger partial charge in [0.25, 0.3) is 20.7 Å². The molecule has 0 unspecified atom stereocenters. The van der Waals surface area contributed by atoms with Crippen LogP contribution in [0, 0.1) is 0 Å². The number of hydrogen-bond donors (Lipinski definition) is 3. The zero-order chi connectivity index (χ0) is 11.8. The van der Waals surface area contributed by atoms with E-state index in [1.54, 1.807) is 0 Å². The van der Waals surface area contributed by atoms with Crippen LogP contribution in [-0.4, -0.2) is 33.8 Å². The summed E-state index contributed by atoms with van der Waals surface area (Å²) in [4.78, 5) is 14.4. The van der Waals surface area contributed by atoms with Gasteiger partial charge in [0.15, 0.2) is 0 Å². The Labute approximate surface area is 88.8 Å². The zero-order valence-electron chi connectivity index (χ0n) is 7.71. The summed E-state index contributed by atoms with van der Waals surface area (Å²) in [6, 6.07) is 2.57. The summed E-state index contributed by atoms with van der Waals surface area (Å²) in [6.07, 6.45) is 0. The van der Waals surface area contributed by atoms with Crippen LogP contribution in [0.25, 0.3) is 11.5 Å². The lowest BCUT2D eigenvalue weighted by Gasteiger charge is -1.90. The number of nitrogens with zero attached hydrogens (tertiary/aromatic N) is 3. The van der Waals surface area contributed by atoms with Crippen LogP contribution < -0.4 is 10.7 Å². The van der Waals surface area contributed by atoms with Gasteiger partial charge >= 0.3 is 0 Å². The molecule has 0 aliphatic carbocycles. The van der Waals surface area contributed by atoms with Gasteiger partial charge in [-0.2, -0.15) is 15.2 Å². The first-order chi connectivity index (χ1) is 7.47. The number of primary sulfonamides is 1. The van der Waals surface area contributed by atoms with E-state index in [0.29, 0.717) is 0 Å². The van der Waals surface area contributed by atoms with Gasteiger partial charge in [-0.25, -0.2) is 23.8 Å². The lowest BCUT2D eigenvalue weighted by molar-refractivity contribution is 0.589. The van der Waals surface area contributed by atoms with E-state index in [1.165, 1.54) is 12.1 Å². The predicted octanol–water partition coefficient (Wildman–Crippen LogP) is -1.80. The van der Waals surface area contributed by atoms with Gasteiger partial charge in [0.05, 0.1) is 0 Å². The second-order valence-electron chi connectivity index (χ2n) is 2.82. The maximum Gasteiger partial charge on any atom is 0.273 e. The molecule has 0 amide bonds. The summed E-state index contributed by atoms with van der Waals surface area (Å²) >= 11 is 0. The lowest BCUT2D eigenvalue weighted by Crippen LogP contribution is -2.13. The zero-order valence-corrected chi connectivity index (χ0v) is 8.52. The molecule has 84 valence electrons. The molecule has 0 saturated heterocycles. The molecule has 4 N–H and O–H groups in total. The number of aromatic nitrogens is 5. The van der Waals surface area contributed by atoms with Gasteiger partial charge in [-0.05, 0) is 6.07 Å². The highest BCUT2D eigenvalue weighted by Crippen LogP contribution is 2.09. The van der Waals surface area contributed by atoms with Gasteiger partial charge in [-0.1, -0.05) is 0 Å². The van der Waals surface area contributed by atoms with Crippen molar-refractivity contribution in [1.29, 1.82) is 0 Å². The lowest BCUT2D eigenvalue weighted by atomic mass is 10.4. The highest BCUT2D eigenvalue weighted by Gasteiger charge is 2.15. The van der Waals surface area contributed by atoms with Crippen LogP contribution >= 0.6 is 0 Å². The van der Waals surface area contributed by atoms with Gasteiger partial charge in [-0.3, -0.25) is 4.79 Å². The molecule has 2 aromatic rings. The molecule has 0 radical (unpaired) electrons. The molecule has 0 aromatic carbocycles. The fourth-order valence-electron chi connectivity index (χ4n) is 0.958. The molecule has 2 rings (SSSR count). The SMILES string of the molecule is NS(=O)(=O)c1nc(-c2ccc(=O)[nH]n2)n[nH]1. The minimum atomic E-state index is -3.93. The molecule has 0 aliphatic rings. The van der Waals surface area contributed by atoms with Crippen molar-refractivity contribution in [2.45, 2.75) is 5.16 Å². The fourth-order valence-corrected chi connectivity index (χ4v) is 1.34. The minimum Gasteiger partial charge on any atom is -0.268 e. The summed E-state index contributed by atoms with van der Waals surface area (Å²) < 4.78 is 21.8. The third-order valence-corrected chi connectivity index (χ3v) is 2.36. The second-order valence-corrected chi connectivity index (χ2v) is 4.29. The average molecular weight is 242 g/mol. The Bertz CT molecular complexity index is 651. The Hall–Kier alpha value is -2.07. The molecule has 2 aromatic heterocycles. The van der Waals surface area contributed by atoms with Gasteiger partial charge < -0.3 is 0 Å². The van der Waals surface area contributed by atoms with Gasteiger partial charge in [0, 0.05) is 6.07 Å². The highest BCUT2D eigenvalue weighted by molar-refractivity contribution is 7.89. The smallest absolute Gasteiger partial charge is 0.268 e. The van der Waals surface area contributed by atoms with Crippen molar-refractivity contribution < 1.29 is 8.42 Å². The first-order valence-electron chi connectivity index (χ1n) is 3.98. The first-order valence-corrected chi connectivity index (χ1v) is 5.53. The first kappa shape index (κ1) is 10.4. The number of H-pyrrole nitrogens is 2. The molecule has 9 nitrogen and oxygen atoms in total. The van der Waals surface area contributed by atoms with Crippen LogP contribution in [0.3, 0.4) is 0 Å². The van der Waals surface area contributed by atoms with Crippen molar-refractivity contribution in [2.75, 3.05) is 0 Å². The van der Waals surface area contributed by atoms with Crippen molar-refractivity contribution in [3.8, 4) is 11.5 Å².